The third-order valence-electron chi connectivity index (χ3n) is 5.12. The summed E-state index contributed by atoms with van der Waals surface area (Å²) in [5.74, 6) is 0.599. The molecule has 3 saturated heterocycles. The van der Waals surface area contributed by atoms with Gasteiger partial charge in [0.1, 0.15) is 0 Å². The van der Waals surface area contributed by atoms with Crippen LogP contribution in [0.1, 0.15) is 24.1 Å². The molecule has 5 rings (SSSR count). The van der Waals surface area contributed by atoms with E-state index in [2.05, 4.69) is 15.2 Å². The molecule has 0 saturated carbocycles. The maximum absolute atomic E-state index is 13.0. The molecule has 3 aliphatic heterocycles. The summed E-state index contributed by atoms with van der Waals surface area (Å²) in [6.07, 6.45) is -1.96. The highest BCUT2D eigenvalue weighted by molar-refractivity contribution is 5.92. The fourth-order valence-corrected chi connectivity index (χ4v) is 3.91. The number of aromatic nitrogens is 1. The van der Waals surface area contributed by atoms with E-state index in [0.717, 1.165) is 48.5 Å². The fourth-order valence-electron chi connectivity index (χ4n) is 3.91. The molecular weight excluding hydrogens is 315 g/mol. The molecule has 3 nitrogen and oxygen atoms in total. The second kappa shape index (κ2) is 5.62. The van der Waals surface area contributed by atoms with Crippen LogP contribution in [0.25, 0.3) is 10.9 Å². The molecule has 2 aromatic rings. The summed E-state index contributed by atoms with van der Waals surface area (Å²) in [4.78, 5) is 6.67. The Kier molecular flexibility index (Phi) is 3.67. The minimum absolute atomic E-state index is 0.421. The van der Waals surface area contributed by atoms with Gasteiger partial charge in [-0.05, 0) is 50.4 Å². The number of nitrogens with zero attached hydrogens (tertiary/aromatic N) is 2. The van der Waals surface area contributed by atoms with Gasteiger partial charge in [-0.25, -0.2) is 0 Å². The van der Waals surface area contributed by atoms with Gasteiger partial charge in [-0.1, -0.05) is 6.07 Å². The summed E-state index contributed by atoms with van der Waals surface area (Å²) in [6.45, 7) is 4.72. The molecule has 24 heavy (non-hydrogen) atoms. The number of pyridine rings is 1. The van der Waals surface area contributed by atoms with E-state index in [4.69, 9.17) is 0 Å². The number of halogens is 3. The van der Waals surface area contributed by atoms with Gasteiger partial charge in [-0.15, -0.1) is 0 Å². The molecule has 0 spiro atoms. The Labute approximate surface area is 138 Å². The van der Waals surface area contributed by atoms with Crippen LogP contribution >= 0.6 is 0 Å². The maximum Gasteiger partial charge on any atom is 0.416 e. The molecule has 3 aliphatic rings. The molecule has 0 unspecified atom stereocenters. The van der Waals surface area contributed by atoms with E-state index in [-0.39, 0.29) is 0 Å². The fraction of sp³-hybridized carbons (Fsp3) is 0.500. The number of fused-ring (bicyclic) bond motifs is 5. The van der Waals surface area contributed by atoms with E-state index in [1.165, 1.54) is 12.8 Å². The molecule has 0 amide bonds. The van der Waals surface area contributed by atoms with E-state index in [9.17, 15) is 13.2 Å². The van der Waals surface area contributed by atoms with E-state index in [0.29, 0.717) is 17.5 Å². The number of nitrogens with one attached hydrogen (secondary N) is 1. The Morgan fingerprint density at radius 3 is 2.71 bits per heavy atom. The lowest BCUT2D eigenvalue weighted by molar-refractivity contribution is -0.137. The van der Waals surface area contributed by atoms with Gasteiger partial charge < -0.3 is 10.2 Å². The van der Waals surface area contributed by atoms with E-state index < -0.39 is 11.7 Å². The molecule has 1 aromatic carbocycles. The highest BCUT2D eigenvalue weighted by atomic mass is 19.4. The van der Waals surface area contributed by atoms with Crippen molar-refractivity contribution >= 4 is 16.6 Å². The molecule has 1 N–H and O–H groups in total. The monoisotopic (exact) mass is 335 g/mol. The maximum atomic E-state index is 13.0. The normalized spacial score (nSPS) is 24.4. The van der Waals surface area contributed by atoms with E-state index in [1.807, 2.05) is 13.0 Å². The summed E-state index contributed by atoms with van der Waals surface area (Å²) in [7, 11) is 0. The summed E-state index contributed by atoms with van der Waals surface area (Å²) in [6, 6.07) is 6.35. The first kappa shape index (κ1) is 15.7. The van der Waals surface area contributed by atoms with Crippen molar-refractivity contribution in [3.63, 3.8) is 0 Å². The molecule has 0 radical (unpaired) electrons. The number of benzene rings is 1. The number of aryl methyl sites for hydroxylation is 1. The topological polar surface area (TPSA) is 28.2 Å². The van der Waals surface area contributed by atoms with Gasteiger partial charge in [-0.3, -0.25) is 4.98 Å². The van der Waals surface area contributed by atoms with E-state index in [1.54, 1.807) is 6.07 Å². The number of hydrogen-bond acceptors (Lipinski definition) is 3. The number of anilines is 1. The molecule has 2 bridgehead atoms. The molecule has 2 atom stereocenters. The Hall–Kier alpha value is -1.82. The van der Waals surface area contributed by atoms with Crippen molar-refractivity contribution in [2.45, 2.75) is 32.0 Å². The van der Waals surface area contributed by atoms with Crippen LogP contribution in [0.4, 0.5) is 18.9 Å². The average molecular weight is 335 g/mol. The molecule has 128 valence electrons. The zero-order chi connectivity index (χ0) is 16.9. The third kappa shape index (κ3) is 2.83. The second-order valence-corrected chi connectivity index (χ2v) is 6.97. The summed E-state index contributed by atoms with van der Waals surface area (Å²) in [5.41, 5.74) is 1.54. The van der Waals surface area contributed by atoms with Gasteiger partial charge in [0.25, 0.3) is 0 Å². The average Bonchev–Trinajstić information content (AvgIpc) is 2.86. The molecular formula is C18H20F3N3. The van der Waals surface area contributed by atoms with Crippen LogP contribution in [-0.2, 0) is 6.18 Å². The van der Waals surface area contributed by atoms with Gasteiger partial charge in [0.15, 0.2) is 0 Å². The van der Waals surface area contributed by atoms with Crippen molar-refractivity contribution in [2.24, 2.45) is 5.92 Å². The summed E-state index contributed by atoms with van der Waals surface area (Å²) in [5, 5.41) is 4.37. The van der Waals surface area contributed by atoms with Crippen molar-refractivity contribution in [3.8, 4) is 0 Å². The van der Waals surface area contributed by atoms with Crippen molar-refractivity contribution in [1.82, 2.24) is 10.3 Å². The quantitative estimate of drug-likeness (QED) is 0.860. The van der Waals surface area contributed by atoms with Crippen LogP contribution < -0.4 is 10.2 Å². The molecule has 3 fully saturated rings. The smallest absolute Gasteiger partial charge is 0.369 e. The SMILES string of the molecule is Cc1cc(N2C[C@H]3CC[C@@H](C2)NC3)c2ccc(C(F)(F)F)cc2n1. The van der Waals surface area contributed by atoms with Gasteiger partial charge in [0, 0.05) is 35.9 Å². The zero-order valence-electron chi connectivity index (χ0n) is 13.5. The first-order valence-electron chi connectivity index (χ1n) is 8.37. The highest BCUT2D eigenvalue weighted by Gasteiger charge is 2.32. The van der Waals surface area contributed by atoms with Crippen molar-refractivity contribution in [2.75, 3.05) is 24.5 Å². The zero-order valence-corrected chi connectivity index (χ0v) is 13.5. The van der Waals surface area contributed by atoms with Crippen LogP contribution in [0, 0.1) is 12.8 Å². The van der Waals surface area contributed by atoms with Gasteiger partial charge in [-0.2, -0.15) is 13.2 Å². The largest absolute Gasteiger partial charge is 0.416 e. The first-order chi connectivity index (χ1) is 11.4. The first-order valence-corrected chi connectivity index (χ1v) is 8.37. The van der Waals surface area contributed by atoms with Gasteiger partial charge >= 0.3 is 6.18 Å². The number of rotatable bonds is 1. The van der Waals surface area contributed by atoms with Crippen molar-refractivity contribution in [1.29, 1.82) is 0 Å². The molecule has 0 aliphatic carbocycles. The molecule has 1 aromatic heterocycles. The minimum Gasteiger partial charge on any atom is -0.369 e. The Balaban J connectivity index is 1.80. The van der Waals surface area contributed by atoms with Crippen LogP contribution in [0.3, 0.4) is 0 Å². The van der Waals surface area contributed by atoms with E-state index >= 15 is 0 Å². The number of piperidine rings is 1. The van der Waals surface area contributed by atoms with Crippen LogP contribution in [0.5, 0.6) is 0 Å². The summed E-state index contributed by atoms with van der Waals surface area (Å²) >= 11 is 0. The lowest BCUT2D eigenvalue weighted by Crippen LogP contribution is -2.39. The summed E-state index contributed by atoms with van der Waals surface area (Å²) < 4.78 is 39.0. The Morgan fingerprint density at radius 1 is 1.17 bits per heavy atom. The Bertz CT molecular complexity index is 750. The predicted octanol–water partition coefficient (Wildman–Crippen LogP) is 3.75. The van der Waals surface area contributed by atoms with Crippen molar-refractivity contribution in [3.05, 3.63) is 35.5 Å². The number of hydrogen-bond donors (Lipinski definition) is 1. The minimum atomic E-state index is -4.34. The highest BCUT2D eigenvalue weighted by Crippen LogP contribution is 2.35. The number of alkyl halides is 3. The van der Waals surface area contributed by atoms with Gasteiger partial charge in [0.05, 0.1) is 11.1 Å². The van der Waals surface area contributed by atoms with Crippen LogP contribution in [0.2, 0.25) is 0 Å². The second-order valence-electron chi connectivity index (χ2n) is 6.97. The molecule has 6 heteroatoms. The molecule has 4 heterocycles. The van der Waals surface area contributed by atoms with Crippen LogP contribution in [-0.4, -0.2) is 30.7 Å². The Morgan fingerprint density at radius 2 is 2.00 bits per heavy atom. The lowest BCUT2D eigenvalue weighted by Gasteiger charge is -2.26. The van der Waals surface area contributed by atoms with Crippen LogP contribution in [0.15, 0.2) is 24.3 Å². The van der Waals surface area contributed by atoms with Gasteiger partial charge in [0.2, 0.25) is 0 Å². The predicted molar refractivity (Wildman–Crippen MR) is 88.2 cm³/mol. The van der Waals surface area contributed by atoms with Crippen molar-refractivity contribution < 1.29 is 13.2 Å². The standard InChI is InChI=1S/C18H20F3N3/c1-11-6-17(24-9-12-2-4-14(10-24)22-8-12)15-5-3-13(18(19,20)21)7-16(15)23-11/h3,5-7,12,14,22H,2,4,8-10H2,1H3/t12-,14-/m0/s1. The third-order valence-corrected chi connectivity index (χ3v) is 5.12. The lowest BCUT2D eigenvalue weighted by atomic mass is 9.97.